The second-order valence-electron chi connectivity index (χ2n) is 4.91. The molecule has 0 aromatic carbocycles. The lowest BCUT2D eigenvalue weighted by molar-refractivity contribution is -0.0491. The third-order valence-corrected chi connectivity index (χ3v) is 4.54. The molecule has 0 bridgehead atoms. The quantitative estimate of drug-likeness (QED) is 0.540. The van der Waals surface area contributed by atoms with Crippen molar-refractivity contribution in [2.45, 2.75) is 32.7 Å². The molecule has 0 saturated carbocycles. The summed E-state index contributed by atoms with van der Waals surface area (Å²) in [5.74, 6) is 0. The maximum atomic E-state index is 2.60. The van der Waals surface area contributed by atoms with Crippen LogP contribution in [0.1, 0.15) is 26.7 Å². The summed E-state index contributed by atoms with van der Waals surface area (Å²) in [4.78, 5) is 2.60. The van der Waals surface area contributed by atoms with Crippen LogP contribution in [0.3, 0.4) is 0 Å². The van der Waals surface area contributed by atoms with Crippen molar-refractivity contribution in [2.24, 2.45) is 5.41 Å². The van der Waals surface area contributed by atoms with Crippen LogP contribution in [0, 0.1) is 5.41 Å². The fourth-order valence-electron chi connectivity index (χ4n) is 2.45. The standard InChI is InChI=1S/C10H19IN2/c1-9(2)12-7-10(8-12)3-5-13(11)6-4-10/h9H,3-8H2,1-2H3. The molecule has 2 aliphatic heterocycles. The van der Waals surface area contributed by atoms with Crippen LogP contribution in [-0.4, -0.2) is 40.2 Å². The first-order valence-electron chi connectivity index (χ1n) is 5.26. The second-order valence-corrected chi connectivity index (χ2v) is 6.27. The molecule has 0 unspecified atom stereocenters. The molecule has 2 aliphatic rings. The molecule has 2 heterocycles. The summed E-state index contributed by atoms with van der Waals surface area (Å²) >= 11 is 2.45. The zero-order valence-corrected chi connectivity index (χ0v) is 10.7. The normalized spacial score (nSPS) is 29.5. The van der Waals surface area contributed by atoms with Gasteiger partial charge in [-0.15, -0.1) is 0 Å². The van der Waals surface area contributed by atoms with Crippen LogP contribution in [0.25, 0.3) is 0 Å². The number of nitrogens with zero attached hydrogens (tertiary/aromatic N) is 2. The fourth-order valence-corrected chi connectivity index (χ4v) is 2.93. The predicted molar refractivity (Wildman–Crippen MR) is 64.0 cm³/mol. The Balaban J connectivity index is 1.83. The van der Waals surface area contributed by atoms with Crippen molar-refractivity contribution >= 4 is 22.9 Å². The van der Waals surface area contributed by atoms with Gasteiger partial charge in [-0.3, -0.25) is 4.90 Å². The van der Waals surface area contributed by atoms with Crippen LogP contribution in [0.2, 0.25) is 0 Å². The van der Waals surface area contributed by atoms with Crippen molar-refractivity contribution in [1.82, 2.24) is 8.01 Å². The van der Waals surface area contributed by atoms with E-state index in [-0.39, 0.29) is 0 Å². The first kappa shape index (κ1) is 10.2. The van der Waals surface area contributed by atoms with E-state index in [9.17, 15) is 0 Å². The molecule has 0 aromatic rings. The highest BCUT2D eigenvalue weighted by Crippen LogP contribution is 2.41. The smallest absolute Gasteiger partial charge is 0.0201 e. The Labute approximate surface area is 95.2 Å². The Morgan fingerprint density at radius 3 is 2.15 bits per heavy atom. The van der Waals surface area contributed by atoms with Gasteiger partial charge >= 0.3 is 0 Å². The maximum absolute atomic E-state index is 2.60. The summed E-state index contributed by atoms with van der Waals surface area (Å²) in [7, 11) is 0. The van der Waals surface area contributed by atoms with Crippen LogP contribution in [0.4, 0.5) is 0 Å². The van der Waals surface area contributed by atoms with Gasteiger partial charge in [-0.25, -0.2) is 3.11 Å². The molecule has 0 aromatic heterocycles. The van der Waals surface area contributed by atoms with E-state index in [1.165, 1.54) is 39.0 Å². The molecule has 76 valence electrons. The molecule has 0 aliphatic carbocycles. The van der Waals surface area contributed by atoms with Gasteiger partial charge in [0.05, 0.1) is 0 Å². The van der Waals surface area contributed by atoms with Crippen molar-refractivity contribution in [1.29, 1.82) is 0 Å². The summed E-state index contributed by atoms with van der Waals surface area (Å²) in [6.07, 6.45) is 2.83. The number of piperidine rings is 1. The molecule has 0 N–H and O–H groups in total. The molecule has 1 spiro atoms. The Kier molecular flexibility index (Phi) is 2.87. The summed E-state index contributed by atoms with van der Waals surface area (Å²) in [6, 6.07) is 0.753. The monoisotopic (exact) mass is 294 g/mol. The van der Waals surface area contributed by atoms with Crippen LogP contribution in [0.15, 0.2) is 0 Å². The van der Waals surface area contributed by atoms with E-state index in [4.69, 9.17) is 0 Å². The summed E-state index contributed by atoms with van der Waals surface area (Å²) in [5, 5.41) is 0. The second kappa shape index (κ2) is 3.66. The Bertz CT molecular complexity index is 177. The minimum Gasteiger partial charge on any atom is -0.300 e. The van der Waals surface area contributed by atoms with Crippen LogP contribution >= 0.6 is 22.9 Å². The first-order chi connectivity index (χ1) is 6.11. The Morgan fingerprint density at radius 1 is 1.15 bits per heavy atom. The highest BCUT2D eigenvalue weighted by Gasteiger charge is 2.44. The molecule has 2 fully saturated rings. The van der Waals surface area contributed by atoms with E-state index in [0.717, 1.165) is 6.04 Å². The van der Waals surface area contributed by atoms with Gasteiger partial charge in [0.2, 0.25) is 0 Å². The minimum atomic E-state index is 0.714. The van der Waals surface area contributed by atoms with Gasteiger partial charge in [0.25, 0.3) is 0 Å². The van der Waals surface area contributed by atoms with Gasteiger partial charge in [0.15, 0.2) is 0 Å². The number of halogens is 1. The third kappa shape index (κ3) is 2.02. The van der Waals surface area contributed by atoms with Crippen LogP contribution < -0.4 is 0 Å². The molecular formula is C10H19IN2. The highest BCUT2D eigenvalue weighted by atomic mass is 127. The highest BCUT2D eigenvalue weighted by molar-refractivity contribution is 14.1. The molecule has 13 heavy (non-hydrogen) atoms. The molecule has 0 radical (unpaired) electrons. The van der Waals surface area contributed by atoms with Crippen LogP contribution in [-0.2, 0) is 0 Å². The van der Waals surface area contributed by atoms with Crippen molar-refractivity contribution in [3.63, 3.8) is 0 Å². The molecular weight excluding hydrogens is 275 g/mol. The van der Waals surface area contributed by atoms with Gasteiger partial charge in [-0.1, -0.05) is 0 Å². The summed E-state index contributed by atoms with van der Waals surface area (Å²) in [5.41, 5.74) is 0.714. The zero-order valence-electron chi connectivity index (χ0n) is 8.59. The van der Waals surface area contributed by atoms with E-state index in [0.29, 0.717) is 5.41 Å². The van der Waals surface area contributed by atoms with Gasteiger partial charge < -0.3 is 0 Å². The topological polar surface area (TPSA) is 6.48 Å². The molecule has 3 heteroatoms. The number of hydrogen-bond donors (Lipinski definition) is 0. The van der Waals surface area contributed by atoms with Crippen molar-refractivity contribution in [2.75, 3.05) is 26.2 Å². The molecule has 2 saturated heterocycles. The van der Waals surface area contributed by atoms with E-state index < -0.39 is 0 Å². The van der Waals surface area contributed by atoms with Crippen molar-refractivity contribution in [3.05, 3.63) is 0 Å². The zero-order chi connectivity index (χ0) is 9.47. The largest absolute Gasteiger partial charge is 0.300 e. The fraction of sp³-hybridized carbons (Fsp3) is 1.00. The van der Waals surface area contributed by atoms with Crippen molar-refractivity contribution in [3.8, 4) is 0 Å². The third-order valence-electron chi connectivity index (χ3n) is 3.58. The number of hydrogen-bond acceptors (Lipinski definition) is 2. The van der Waals surface area contributed by atoms with Crippen LogP contribution in [0.5, 0.6) is 0 Å². The summed E-state index contributed by atoms with van der Waals surface area (Å²) in [6.45, 7) is 9.92. The van der Waals surface area contributed by atoms with E-state index in [1.807, 2.05) is 0 Å². The Morgan fingerprint density at radius 2 is 1.69 bits per heavy atom. The summed E-state index contributed by atoms with van der Waals surface area (Å²) < 4.78 is 2.43. The van der Waals surface area contributed by atoms with Crippen molar-refractivity contribution < 1.29 is 0 Å². The molecule has 2 nitrogen and oxygen atoms in total. The number of rotatable bonds is 1. The van der Waals surface area contributed by atoms with Gasteiger partial charge in [-0.05, 0) is 32.1 Å². The van der Waals surface area contributed by atoms with E-state index in [1.54, 1.807) is 0 Å². The average Bonchev–Trinajstić information content (AvgIpc) is 2.02. The minimum absolute atomic E-state index is 0.714. The predicted octanol–water partition coefficient (Wildman–Crippen LogP) is 2.14. The van der Waals surface area contributed by atoms with E-state index in [2.05, 4.69) is 44.7 Å². The lowest BCUT2D eigenvalue weighted by Crippen LogP contribution is -2.61. The molecule has 0 atom stereocenters. The molecule has 0 amide bonds. The van der Waals surface area contributed by atoms with Gasteiger partial charge in [0, 0.05) is 55.1 Å². The van der Waals surface area contributed by atoms with Gasteiger partial charge in [0.1, 0.15) is 0 Å². The number of likely N-dealkylation sites (tertiary alicyclic amines) is 1. The average molecular weight is 294 g/mol. The lowest BCUT2D eigenvalue weighted by atomic mass is 9.72. The first-order valence-corrected chi connectivity index (χ1v) is 6.23. The van der Waals surface area contributed by atoms with E-state index >= 15 is 0 Å². The van der Waals surface area contributed by atoms with Gasteiger partial charge in [-0.2, -0.15) is 0 Å². The lowest BCUT2D eigenvalue weighted by Gasteiger charge is -2.55. The maximum Gasteiger partial charge on any atom is 0.0201 e. The SMILES string of the molecule is CC(C)N1CC2(CCN(I)CC2)C1. The Hall–Kier alpha value is 0.650. The molecule has 2 rings (SSSR count).